The van der Waals surface area contributed by atoms with Crippen LogP contribution in [0.2, 0.25) is 0 Å². The zero-order valence-electron chi connectivity index (χ0n) is 7.30. The summed E-state index contributed by atoms with van der Waals surface area (Å²) in [6.07, 6.45) is 3.90. The van der Waals surface area contributed by atoms with Crippen molar-refractivity contribution in [2.45, 2.75) is 32.6 Å². The van der Waals surface area contributed by atoms with Gasteiger partial charge in [0, 0.05) is 6.92 Å². The van der Waals surface area contributed by atoms with Crippen molar-refractivity contribution in [2.24, 2.45) is 5.41 Å². The Hall–Kier alpha value is -1.04. The highest BCUT2D eigenvalue weighted by atomic mass is 16.5. The first-order valence-electron chi connectivity index (χ1n) is 4.23. The molecule has 0 radical (unpaired) electrons. The van der Waals surface area contributed by atoms with E-state index < -0.39 is 0 Å². The lowest BCUT2D eigenvalue weighted by molar-refractivity contribution is -0.143. The third kappa shape index (κ3) is 1.97. The van der Waals surface area contributed by atoms with E-state index in [1.807, 2.05) is 0 Å². The fourth-order valence-corrected chi connectivity index (χ4v) is 1.58. The maximum atomic E-state index is 10.5. The minimum Gasteiger partial charge on any atom is -0.464 e. The van der Waals surface area contributed by atoms with Gasteiger partial charge in [0.2, 0.25) is 0 Å². The quantitative estimate of drug-likeness (QED) is 0.587. The van der Waals surface area contributed by atoms with Crippen molar-refractivity contribution in [3.8, 4) is 6.07 Å². The Labute approximate surface area is 72.3 Å². The van der Waals surface area contributed by atoms with E-state index in [4.69, 9.17) is 10.00 Å². The van der Waals surface area contributed by atoms with Gasteiger partial charge in [-0.2, -0.15) is 5.26 Å². The van der Waals surface area contributed by atoms with Gasteiger partial charge >= 0.3 is 5.97 Å². The van der Waals surface area contributed by atoms with E-state index >= 15 is 0 Å². The summed E-state index contributed by atoms with van der Waals surface area (Å²) < 4.78 is 4.86. The molecule has 66 valence electrons. The van der Waals surface area contributed by atoms with Crippen molar-refractivity contribution in [1.29, 1.82) is 5.26 Å². The molecule has 1 fully saturated rings. The highest BCUT2D eigenvalue weighted by Gasteiger charge is 2.35. The van der Waals surface area contributed by atoms with Crippen molar-refractivity contribution in [3.05, 3.63) is 0 Å². The summed E-state index contributed by atoms with van der Waals surface area (Å²) in [5, 5.41) is 8.89. The third-order valence-corrected chi connectivity index (χ3v) is 2.35. The molecular weight excluding hydrogens is 154 g/mol. The highest BCUT2D eigenvalue weighted by molar-refractivity contribution is 5.65. The van der Waals surface area contributed by atoms with Crippen LogP contribution in [0.3, 0.4) is 0 Å². The van der Waals surface area contributed by atoms with Crippen LogP contribution in [-0.4, -0.2) is 12.6 Å². The molecular formula is C9H13NO2. The zero-order valence-corrected chi connectivity index (χ0v) is 7.30. The Morgan fingerprint density at radius 3 is 2.58 bits per heavy atom. The number of hydrogen-bond acceptors (Lipinski definition) is 3. The lowest BCUT2D eigenvalue weighted by Gasteiger charge is -2.18. The van der Waals surface area contributed by atoms with Gasteiger partial charge in [-0.25, -0.2) is 0 Å². The molecule has 0 atom stereocenters. The van der Waals surface area contributed by atoms with Gasteiger partial charge in [0.25, 0.3) is 0 Å². The molecule has 0 spiro atoms. The third-order valence-electron chi connectivity index (χ3n) is 2.35. The van der Waals surface area contributed by atoms with Gasteiger partial charge in [-0.05, 0) is 12.8 Å². The fraction of sp³-hybridized carbons (Fsp3) is 0.778. The van der Waals surface area contributed by atoms with Gasteiger partial charge in [-0.1, -0.05) is 12.8 Å². The second-order valence-electron chi connectivity index (χ2n) is 3.38. The second-order valence-corrected chi connectivity index (χ2v) is 3.38. The number of carbonyl (C=O) groups excluding carboxylic acids is 1. The summed E-state index contributed by atoms with van der Waals surface area (Å²) in [6.45, 7) is 1.65. The number of carbonyl (C=O) groups is 1. The lowest BCUT2D eigenvalue weighted by Crippen LogP contribution is -2.22. The number of ether oxygens (including phenoxy) is 1. The molecule has 0 aliphatic heterocycles. The summed E-state index contributed by atoms with van der Waals surface area (Å²) in [6, 6.07) is 2.26. The minimum absolute atomic E-state index is 0.277. The molecule has 0 aromatic carbocycles. The Morgan fingerprint density at radius 2 is 2.17 bits per heavy atom. The average Bonchev–Trinajstić information content (AvgIpc) is 2.50. The van der Waals surface area contributed by atoms with Gasteiger partial charge in [-0.3, -0.25) is 4.79 Å². The Bertz CT molecular complexity index is 211. The van der Waals surface area contributed by atoms with Crippen LogP contribution in [0.5, 0.6) is 0 Å². The van der Waals surface area contributed by atoms with E-state index in [9.17, 15) is 4.79 Å². The first kappa shape index (κ1) is 9.05. The Kier molecular flexibility index (Phi) is 2.69. The van der Waals surface area contributed by atoms with E-state index in [0.717, 1.165) is 25.7 Å². The van der Waals surface area contributed by atoms with Crippen LogP contribution in [0.15, 0.2) is 0 Å². The average molecular weight is 167 g/mol. The minimum atomic E-state index is -0.369. The molecule has 3 heteroatoms. The molecule has 0 unspecified atom stereocenters. The van der Waals surface area contributed by atoms with Crippen LogP contribution in [0.4, 0.5) is 0 Å². The first-order chi connectivity index (χ1) is 5.68. The van der Waals surface area contributed by atoms with Crippen LogP contribution in [-0.2, 0) is 9.53 Å². The van der Waals surface area contributed by atoms with Gasteiger partial charge in [-0.15, -0.1) is 0 Å². The number of esters is 1. The SMILES string of the molecule is CC(=O)OCC1(C#N)CCCC1. The van der Waals surface area contributed by atoms with Crippen molar-refractivity contribution >= 4 is 5.97 Å². The largest absolute Gasteiger partial charge is 0.464 e. The molecule has 0 bridgehead atoms. The maximum absolute atomic E-state index is 10.5. The van der Waals surface area contributed by atoms with Crippen molar-refractivity contribution in [1.82, 2.24) is 0 Å². The summed E-state index contributed by atoms with van der Waals surface area (Å²) in [5.41, 5.74) is -0.369. The van der Waals surface area contributed by atoms with Crippen LogP contribution in [0, 0.1) is 16.7 Å². The number of nitriles is 1. The van der Waals surface area contributed by atoms with Gasteiger partial charge < -0.3 is 4.74 Å². The van der Waals surface area contributed by atoms with E-state index in [2.05, 4.69) is 6.07 Å². The maximum Gasteiger partial charge on any atom is 0.302 e. The first-order valence-corrected chi connectivity index (χ1v) is 4.23. The molecule has 0 aromatic heterocycles. The molecule has 1 saturated carbocycles. The smallest absolute Gasteiger partial charge is 0.302 e. The summed E-state index contributed by atoms with van der Waals surface area (Å²) >= 11 is 0. The molecule has 3 nitrogen and oxygen atoms in total. The fourth-order valence-electron chi connectivity index (χ4n) is 1.58. The zero-order chi connectivity index (χ0) is 9.03. The molecule has 0 amide bonds. The molecule has 1 aliphatic rings. The topological polar surface area (TPSA) is 50.1 Å². The molecule has 0 aromatic rings. The standard InChI is InChI=1S/C9H13NO2/c1-8(11)12-7-9(6-10)4-2-3-5-9/h2-5,7H2,1H3. The molecule has 0 saturated heterocycles. The summed E-state index contributed by atoms with van der Waals surface area (Å²) in [4.78, 5) is 10.5. The Morgan fingerprint density at radius 1 is 1.58 bits per heavy atom. The van der Waals surface area contributed by atoms with Gasteiger partial charge in [0.15, 0.2) is 0 Å². The highest BCUT2D eigenvalue weighted by Crippen LogP contribution is 2.37. The van der Waals surface area contributed by atoms with Gasteiger partial charge in [0.05, 0.1) is 11.5 Å². The molecule has 0 N–H and O–H groups in total. The number of hydrogen-bond donors (Lipinski definition) is 0. The predicted molar refractivity (Wildman–Crippen MR) is 43.1 cm³/mol. The second kappa shape index (κ2) is 3.57. The van der Waals surface area contributed by atoms with Crippen molar-refractivity contribution in [3.63, 3.8) is 0 Å². The lowest BCUT2D eigenvalue weighted by atomic mass is 9.89. The van der Waals surface area contributed by atoms with E-state index in [0.29, 0.717) is 0 Å². The molecule has 1 rings (SSSR count). The van der Waals surface area contributed by atoms with Crippen molar-refractivity contribution < 1.29 is 9.53 Å². The number of rotatable bonds is 2. The van der Waals surface area contributed by atoms with E-state index in [1.54, 1.807) is 0 Å². The summed E-state index contributed by atoms with van der Waals surface area (Å²) in [5.74, 6) is -0.295. The molecule has 12 heavy (non-hydrogen) atoms. The monoisotopic (exact) mass is 167 g/mol. The van der Waals surface area contributed by atoms with Crippen LogP contribution < -0.4 is 0 Å². The van der Waals surface area contributed by atoms with Crippen LogP contribution >= 0.6 is 0 Å². The Balaban J connectivity index is 2.46. The van der Waals surface area contributed by atoms with Crippen molar-refractivity contribution in [2.75, 3.05) is 6.61 Å². The number of nitrogens with zero attached hydrogens (tertiary/aromatic N) is 1. The summed E-state index contributed by atoms with van der Waals surface area (Å²) in [7, 11) is 0. The van der Waals surface area contributed by atoms with Gasteiger partial charge in [0.1, 0.15) is 6.61 Å². The van der Waals surface area contributed by atoms with Crippen LogP contribution in [0.1, 0.15) is 32.6 Å². The van der Waals surface area contributed by atoms with E-state index in [-0.39, 0.29) is 18.0 Å². The predicted octanol–water partition coefficient (Wildman–Crippen LogP) is 1.63. The van der Waals surface area contributed by atoms with E-state index in [1.165, 1.54) is 6.92 Å². The van der Waals surface area contributed by atoms with Crippen LogP contribution in [0.25, 0.3) is 0 Å². The normalized spacial score (nSPS) is 20.0. The molecule has 1 aliphatic carbocycles. The molecule has 0 heterocycles.